The minimum Gasteiger partial charge on any atom is -0.489 e. The Balaban J connectivity index is 2.65. The van der Waals surface area contributed by atoms with Gasteiger partial charge < -0.3 is 25.6 Å². The minimum atomic E-state index is -1.27. The number of carbonyl (C=O) groups is 2. The van der Waals surface area contributed by atoms with Gasteiger partial charge in [-0.15, -0.1) is 0 Å². The number of aliphatic carboxylic acids is 1. The zero-order valence-electron chi connectivity index (χ0n) is 12.6. The van der Waals surface area contributed by atoms with Gasteiger partial charge in [0.25, 0.3) is 0 Å². The van der Waals surface area contributed by atoms with Gasteiger partial charge in [-0.3, -0.25) is 0 Å². The fraction of sp³-hybridized carbons (Fsp3) is 0.429. The summed E-state index contributed by atoms with van der Waals surface area (Å²) < 4.78 is 10.3. The van der Waals surface area contributed by atoms with Gasteiger partial charge in [-0.1, -0.05) is 11.6 Å². The predicted octanol–water partition coefficient (Wildman–Crippen LogP) is 2.28. The predicted molar refractivity (Wildman–Crippen MR) is 82.2 cm³/mol. The maximum atomic E-state index is 11.6. The van der Waals surface area contributed by atoms with Crippen molar-refractivity contribution < 1.29 is 24.2 Å². The van der Waals surface area contributed by atoms with E-state index in [0.29, 0.717) is 5.02 Å². The van der Waals surface area contributed by atoms with Crippen LogP contribution in [0.4, 0.5) is 10.5 Å². The molecular weight excluding hydrogens is 312 g/mol. The summed E-state index contributed by atoms with van der Waals surface area (Å²) in [6.45, 7) is 4.72. The van der Waals surface area contributed by atoms with Crippen molar-refractivity contribution in [3.05, 3.63) is 23.2 Å². The number of rotatable bonds is 5. The molecule has 1 aromatic carbocycles. The van der Waals surface area contributed by atoms with Crippen molar-refractivity contribution in [1.82, 2.24) is 5.32 Å². The average Bonchev–Trinajstić information content (AvgIpc) is 2.33. The van der Waals surface area contributed by atoms with E-state index in [4.69, 9.17) is 31.9 Å². The van der Waals surface area contributed by atoms with Crippen molar-refractivity contribution >= 4 is 29.4 Å². The second kappa shape index (κ2) is 7.22. The second-order valence-corrected chi connectivity index (χ2v) is 5.97. The third kappa shape index (κ3) is 6.09. The van der Waals surface area contributed by atoms with Crippen LogP contribution in [0, 0.1) is 0 Å². The summed E-state index contributed by atoms with van der Waals surface area (Å²) in [6, 6.07) is 3.28. The summed E-state index contributed by atoms with van der Waals surface area (Å²) in [5, 5.41) is 11.8. The average molecular weight is 331 g/mol. The number of carbonyl (C=O) groups excluding carboxylic acids is 1. The molecule has 0 radical (unpaired) electrons. The molecule has 8 heteroatoms. The number of ether oxygens (including phenoxy) is 2. The molecule has 1 atom stereocenters. The van der Waals surface area contributed by atoms with Crippen LogP contribution in [0.5, 0.6) is 5.75 Å². The maximum absolute atomic E-state index is 11.6. The Hall–Kier alpha value is -2.15. The van der Waals surface area contributed by atoms with E-state index in [1.165, 1.54) is 12.1 Å². The van der Waals surface area contributed by atoms with E-state index in [2.05, 4.69) is 5.32 Å². The summed E-state index contributed by atoms with van der Waals surface area (Å²) in [5.41, 5.74) is 5.24. The molecule has 0 spiro atoms. The lowest BCUT2D eigenvalue weighted by Crippen LogP contribution is -2.46. The molecule has 0 bridgehead atoms. The minimum absolute atomic E-state index is 0.272. The number of alkyl carbamates (subject to hydrolysis) is 1. The number of benzene rings is 1. The van der Waals surface area contributed by atoms with Gasteiger partial charge in [0, 0.05) is 5.02 Å². The van der Waals surface area contributed by atoms with Crippen molar-refractivity contribution in [2.45, 2.75) is 32.4 Å². The van der Waals surface area contributed by atoms with Crippen molar-refractivity contribution in [2.75, 3.05) is 12.3 Å². The Morgan fingerprint density at radius 1 is 1.41 bits per heavy atom. The summed E-state index contributed by atoms with van der Waals surface area (Å²) in [5.74, 6) is -0.972. The first-order valence-electron chi connectivity index (χ1n) is 6.48. The first-order valence-corrected chi connectivity index (χ1v) is 6.86. The number of amides is 1. The first-order chi connectivity index (χ1) is 10.1. The number of hydrogen-bond acceptors (Lipinski definition) is 5. The molecular formula is C14H19ClN2O5. The molecule has 22 heavy (non-hydrogen) atoms. The van der Waals surface area contributed by atoms with Crippen LogP contribution in [-0.2, 0) is 9.53 Å². The first kappa shape index (κ1) is 17.9. The Labute approximate surface area is 133 Å². The second-order valence-electron chi connectivity index (χ2n) is 5.53. The highest BCUT2D eigenvalue weighted by Crippen LogP contribution is 2.24. The van der Waals surface area contributed by atoms with Gasteiger partial charge in [-0.2, -0.15) is 0 Å². The zero-order valence-corrected chi connectivity index (χ0v) is 13.3. The van der Waals surface area contributed by atoms with Crippen molar-refractivity contribution in [3.63, 3.8) is 0 Å². The van der Waals surface area contributed by atoms with Gasteiger partial charge in [0.15, 0.2) is 6.04 Å². The molecule has 0 saturated carbocycles. The fourth-order valence-electron chi connectivity index (χ4n) is 1.45. The van der Waals surface area contributed by atoms with E-state index in [0.717, 1.165) is 0 Å². The summed E-state index contributed by atoms with van der Waals surface area (Å²) in [4.78, 5) is 22.8. The molecule has 0 fully saturated rings. The Bertz CT molecular complexity index is 557. The van der Waals surface area contributed by atoms with Gasteiger partial charge in [0.1, 0.15) is 18.0 Å². The number of carboxylic acids is 1. The molecule has 7 nitrogen and oxygen atoms in total. The SMILES string of the molecule is CC(C)(C)OC(=O)NC(COc1ccc(Cl)cc1N)C(=O)O. The molecule has 0 aliphatic rings. The highest BCUT2D eigenvalue weighted by Gasteiger charge is 2.24. The molecule has 1 amide bonds. The van der Waals surface area contributed by atoms with E-state index >= 15 is 0 Å². The van der Waals surface area contributed by atoms with Gasteiger partial charge in [-0.05, 0) is 39.0 Å². The zero-order chi connectivity index (χ0) is 16.9. The van der Waals surface area contributed by atoms with E-state index in [1.54, 1.807) is 26.8 Å². The smallest absolute Gasteiger partial charge is 0.408 e. The standard InChI is InChI=1S/C14H19ClN2O5/c1-14(2,3)22-13(20)17-10(12(18)19)7-21-11-5-4-8(15)6-9(11)16/h4-6,10H,7,16H2,1-3H3,(H,17,20)(H,18,19). The molecule has 0 heterocycles. The van der Waals surface area contributed by atoms with Gasteiger partial charge in [-0.25, -0.2) is 9.59 Å². The number of halogens is 1. The van der Waals surface area contributed by atoms with Gasteiger partial charge in [0.2, 0.25) is 0 Å². The number of anilines is 1. The molecule has 0 aliphatic heterocycles. The number of nitrogens with two attached hydrogens (primary N) is 1. The monoisotopic (exact) mass is 330 g/mol. The molecule has 4 N–H and O–H groups in total. The van der Waals surface area contributed by atoms with E-state index in [9.17, 15) is 9.59 Å². The summed E-state index contributed by atoms with van der Waals surface area (Å²) in [7, 11) is 0. The Morgan fingerprint density at radius 2 is 2.05 bits per heavy atom. The number of carboxylic acid groups (broad SMARTS) is 1. The number of nitrogen functional groups attached to an aromatic ring is 1. The number of nitrogens with one attached hydrogen (secondary N) is 1. The summed E-state index contributed by atoms with van der Waals surface area (Å²) >= 11 is 5.76. The topological polar surface area (TPSA) is 111 Å². The normalized spacial score (nSPS) is 12.4. The van der Waals surface area contributed by atoms with Crippen LogP contribution >= 0.6 is 11.6 Å². The van der Waals surface area contributed by atoms with Crippen LogP contribution in [0.2, 0.25) is 5.02 Å². The Morgan fingerprint density at radius 3 is 2.55 bits per heavy atom. The summed E-state index contributed by atoms with van der Waals surface area (Å²) in [6.07, 6.45) is -0.840. The van der Waals surface area contributed by atoms with Gasteiger partial charge >= 0.3 is 12.1 Å². The van der Waals surface area contributed by atoms with Crippen LogP contribution in [0.1, 0.15) is 20.8 Å². The maximum Gasteiger partial charge on any atom is 0.408 e. The fourth-order valence-corrected chi connectivity index (χ4v) is 1.63. The van der Waals surface area contributed by atoms with Crippen LogP contribution in [0.15, 0.2) is 18.2 Å². The van der Waals surface area contributed by atoms with Crippen molar-refractivity contribution in [1.29, 1.82) is 0 Å². The van der Waals surface area contributed by atoms with Gasteiger partial charge in [0.05, 0.1) is 5.69 Å². The van der Waals surface area contributed by atoms with Crippen LogP contribution < -0.4 is 15.8 Å². The van der Waals surface area contributed by atoms with E-state index in [-0.39, 0.29) is 18.0 Å². The molecule has 1 rings (SSSR count). The molecule has 1 unspecified atom stereocenters. The highest BCUT2D eigenvalue weighted by atomic mass is 35.5. The lowest BCUT2D eigenvalue weighted by molar-refractivity contribution is -0.140. The molecule has 1 aromatic rings. The van der Waals surface area contributed by atoms with Crippen LogP contribution in [-0.4, -0.2) is 35.4 Å². The van der Waals surface area contributed by atoms with Crippen molar-refractivity contribution in [2.24, 2.45) is 0 Å². The van der Waals surface area contributed by atoms with Crippen LogP contribution in [0.3, 0.4) is 0 Å². The third-order valence-electron chi connectivity index (χ3n) is 2.37. The quantitative estimate of drug-likeness (QED) is 0.714. The van der Waals surface area contributed by atoms with Crippen LogP contribution in [0.25, 0.3) is 0 Å². The lowest BCUT2D eigenvalue weighted by atomic mass is 10.2. The largest absolute Gasteiger partial charge is 0.489 e. The number of hydrogen-bond donors (Lipinski definition) is 3. The molecule has 0 aliphatic carbocycles. The van der Waals surface area contributed by atoms with Crippen molar-refractivity contribution in [3.8, 4) is 5.75 Å². The molecule has 122 valence electrons. The highest BCUT2D eigenvalue weighted by molar-refractivity contribution is 6.30. The molecule has 0 aromatic heterocycles. The molecule has 0 saturated heterocycles. The third-order valence-corrected chi connectivity index (χ3v) is 2.60. The lowest BCUT2D eigenvalue weighted by Gasteiger charge is -2.22. The van der Waals surface area contributed by atoms with E-state index < -0.39 is 23.7 Å². The van der Waals surface area contributed by atoms with E-state index in [1.807, 2.05) is 0 Å². The Kier molecular flexibility index (Phi) is 5.87.